The maximum absolute atomic E-state index is 14.5. The van der Waals surface area contributed by atoms with Crippen LogP contribution in [0.1, 0.15) is 23.8 Å². The minimum Gasteiger partial charge on any atom is -0.384 e. The van der Waals surface area contributed by atoms with Gasteiger partial charge < -0.3 is 9.74 Å². The van der Waals surface area contributed by atoms with Gasteiger partial charge in [-0.1, -0.05) is 5.16 Å². The fraction of sp³-hybridized carbons (Fsp3) is 0.400. The number of nitrogens with one attached hydrogen (secondary N) is 1. The number of alkyl halides is 2. The number of amidine groups is 1. The molecule has 2 aliphatic rings. The van der Waals surface area contributed by atoms with Gasteiger partial charge in [0.2, 0.25) is 10.0 Å². The zero-order chi connectivity index (χ0) is 24.1. The molecule has 4 rings (SSSR count). The fourth-order valence-corrected chi connectivity index (χ4v) is 4.30. The first-order valence-electron chi connectivity index (χ1n) is 9.79. The largest absolute Gasteiger partial charge is 0.384 e. The quantitative estimate of drug-likeness (QED) is 0.652. The second-order valence-electron chi connectivity index (χ2n) is 8.02. The smallest absolute Gasteiger partial charge is 0.286 e. The monoisotopic (exact) mass is 490 g/mol. The Morgan fingerprint density at radius 2 is 1.88 bits per heavy atom. The van der Waals surface area contributed by atoms with Gasteiger partial charge in [-0.25, -0.2) is 35.1 Å². The molecule has 178 valence electrons. The Labute approximate surface area is 186 Å². The first-order chi connectivity index (χ1) is 15.4. The van der Waals surface area contributed by atoms with E-state index in [-0.39, 0.29) is 23.5 Å². The van der Waals surface area contributed by atoms with Gasteiger partial charge in [0.15, 0.2) is 6.10 Å². The van der Waals surface area contributed by atoms with Gasteiger partial charge in [-0.2, -0.15) is 0 Å². The number of benzene rings is 1. The summed E-state index contributed by atoms with van der Waals surface area (Å²) >= 11 is 0. The molecule has 2 aliphatic heterocycles. The van der Waals surface area contributed by atoms with Crippen molar-refractivity contribution in [3.05, 3.63) is 53.1 Å². The van der Waals surface area contributed by atoms with Crippen molar-refractivity contribution < 1.29 is 35.2 Å². The molecule has 33 heavy (non-hydrogen) atoms. The summed E-state index contributed by atoms with van der Waals surface area (Å²) in [7, 11) is -3.69. The average Bonchev–Trinajstić information content (AvgIpc) is 3.14. The third kappa shape index (κ3) is 4.64. The second-order valence-corrected chi connectivity index (χ2v) is 9.85. The van der Waals surface area contributed by atoms with Crippen molar-refractivity contribution in [2.24, 2.45) is 5.16 Å². The third-order valence-corrected chi connectivity index (χ3v) is 6.10. The Bertz CT molecular complexity index is 1220. The van der Waals surface area contributed by atoms with Gasteiger partial charge in [-0.15, -0.1) is 0 Å². The normalized spacial score (nSPS) is 22.0. The van der Waals surface area contributed by atoms with Gasteiger partial charge >= 0.3 is 0 Å². The number of nitrogens with zero attached hydrogens (tertiary/aromatic N) is 3. The first-order valence-corrected chi connectivity index (χ1v) is 11.7. The molecule has 1 fully saturated rings. The van der Waals surface area contributed by atoms with Gasteiger partial charge in [-0.05, 0) is 18.6 Å². The Balaban J connectivity index is 1.59. The first kappa shape index (κ1) is 23.4. The molecule has 0 amide bonds. The van der Waals surface area contributed by atoms with Crippen molar-refractivity contribution in [3.8, 4) is 11.1 Å². The molecule has 1 N–H and O–H groups in total. The molecule has 0 bridgehead atoms. The number of likely N-dealkylation sites (tertiary alicyclic amines) is 1. The summed E-state index contributed by atoms with van der Waals surface area (Å²) in [6, 6.07) is 1.08. The Morgan fingerprint density at radius 1 is 1.21 bits per heavy atom. The van der Waals surface area contributed by atoms with Crippen LogP contribution in [0.4, 0.5) is 22.0 Å². The van der Waals surface area contributed by atoms with Crippen LogP contribution in [0.15, 0.2) is 29.6 Å². The second kappa shape index (κ2) is 8.20. The number of rotatable bonds is 5. The maximum atomic E-state index is 14.5. The SMILES string of the molecule is Cc1cnc(C2CC(N3CC(F)(F)C3CNS(C)(=O)=O)=NO2)c(-c2c(F)cc(F)cc2F)c1. The number of pyridine rings is 1. The van der Waals surface area contributed by atoms with Crippen LogP contribution in [-0.4, -0.2) is 55.4 Å². The lowest BCUT2D eigenvalue weighted by atomic mass is 9.94. The molecule has 0 radical (unpaired) electrons. The van der Waals surface area contributed by atoms with Gasteiger partial charge in [0.25, 0.3) is 5.92 Å². The van der Waals surface area contributed by atoms with Gasteiger partial charge in [0, 0.05) is 30.4 Å². The number of halogens is 5. The molecule has 1 saturated heterocycles. The van der Waals surface area contributed by atoms with Crippen LogP contribution >= 0.6 is 0 Å². The average molecular weight is 490 g/mol. The summed E-state index contributed by atoms with van der Waals surface area (Å²) in [5, 5.41) is 3.84. The van der Waals surface area contributed by atoms with Crippen LogP contribution in [0.2, 0.25) is 0 Å². The Hall–Kier alpha value is -2.80. The lowest BCUT2D eigenvalue weighted by Gasteiger charge is -2.48. The molecule has 3 heterocycles. The molecule has 0 spiro atoms. The number of oxime groups is 1. The maximum Gasteiger partial charge on any atom is 0.286 e. The number of hydrogen-bond donors (Lipinski definition) is 1. The standard InChI is InChI=1S/C20H19F5N4O3S/c1-10-3-12(18-13(22)4-11(21)5-14(18)23)19(26-7-10)15-6-17(28-32-15)29-9-20(24,25)16(29)8-27-33(2,30)31/h3-5,7,15-16,27H,6,8-9H2,1-2H3. The van der Waals surface area contributed by atoms with Crippen molar-refractivity contribution in [1.82, 2.24) is 14.6 Å². The van der Waals surface area contributed by atoms with E-state index in [9.17, 15) is 30.4 Å². The molecule has 0 saturated carbocycles. The molecule has 2 aromatic rings. The fourth-order valence-electron chi connectivity index (χ4n) is 3.84. The molecule has 0 aliphatic carbocycles. The summed E-state index contributed by atoms with van der Waals surface area (Å²) < 4.78 is 95.1. The van der Waals surface area contributed by atoms with E-state index in [0.717, 1.165) is 6.26 Å². The van der Waals surface area contributed by atoms with E-state index in [1.165, 1.54) is 17.2 Å². The van der Waals surface area contributed by atoms with Crippen molar-refractivity contribution in [1.29, 1.82) is 0 Å². The summed E-state index contributed by atoms with van der Waals surface area (Å²) in [5.41, 5.74) is 0.202. The molecule has 2 unspecified atom stereocenters. The van der Waals surface area contributed by atoms with Crippen LogP contribution in [0.5, 0.6) is 0 Å². The van der Waals surface area contributed by atoms with Crippen LogP contribution in [-0.2, 0) is 14.9 Å². The zero-order valence-corrected chi connectivity index (χ0v) is 18.3. The molecule has 13 heteroatoms. The highest BCUT2D eigenvalue weighted by molar-refractivity contribution is 7.88. The predicted octanol–water partition coefficient (Wildman–Crippen LogP) is 3.12. The summed E-state index contributed by atoms with van der Waals surface area (Å²) in [6.07, 6.45) is 1.31. The van der Waals surface area contributed by atoms with E-state index in [2.05, 4.69) is 14.9 Å². The highest BCUT2D eigenvalue weighted by Crippen LogP contribution is 2.41. The topological polar surface area (TPSA) is 83.9 Å². The molecule has 2 atom stereocenters. The van der Waals surface area contributed by atoms with Gasteiger partial charge in [0.1, 0.15) is 29.3 Å². The van der Waals surface area contributed by atoms with Crippen molar-refractivity contribution in [2.45, 2.75) is 31.4 Å². The summed E-state index contributed by atoms with van der Waals surface area (Å²) in [6.45, 7) is 0.432. The minimum atomic E-state index is -3.69. The summed E-state index contributed by atoms with van der Waals surface area (Å²) in [5.74, 6) is -6.36. The van der Waals surface area contributed by atoms with Crippen molar-refractivity contribution >= 4 is 15.9 Å². The molecular formula is C20H19F5N4O3S. The Kier molecular flexibility index (Phi) is 5.81. The van der Waals surface area contributed by atoms with E-state index in [1.807, 2.05) is 0 Å². The molecular weight excluding hydrogens is 471 g/mol. The number of aryl methyl sites for hydroxylation is 1. The van der Waals surface area contributed by atoms with Crippen LogP contribution < -0.4 is 4.72 Å². The molecule has 7 nitrogen and oxygen atoms in total. The zero-order valence-electron chi connectivity index (χ0n) is 17.4. The number of hydrogen-bond acceptors (Lipinski definition) is 6. The van der Waals surface area contributed by atoms with E-state index < -0.39 is 64.2 Å². The number of aromatic nitrogens is 1. The highest BCUT2D eigenvalue weighted by Gasteiger charge is 2.56. The van der Waals surface area contributed by atoms with Crippen molar-refractivity contribution in [2.75, 3.05) is 19.3 Å². The molecule has 1 aromatic heterocycles. The van der Waals surface area contributed by atoms with Gasteiger partial charge in [-0.3, -0.25) is 4.98 Å². The Morgan fingerprint density at radius 3 is 2.48 bits per heavy atom. The lowest BCUT2D eigenvalue weighted by molar-refractivity contribution is -0.151. The van der Waals surface area contributed by atoms with E-state index in [4.69, 9.17) is 4.84 Å². The number of sulfonamides is 1. The minimum absolute atomic E-state index is 0.0238. The van der Waals surface area contributed by atoms with Gasteiger partial charge in [0.05, 0.1) is 30.5 Å². The lowest BCUT2D eigenvalue weighted by Crippen LogP contribution is -2.69. The predicted molar refractivity (Wildman–Crippen MR) is 108 cm³/mol. The summed E-state index contributed by atoms with van der Waals surface area (Å²) in [4.78, 5) is 10.8. The third-order valence-electron chi connectivity index (χ3n) is 5.41. The van der Waals surface area contributed by atoms with Crippen LogP contribution in [0.3, 0.4) is 0 Å². The van der Waals surface area contributed by atoms with Crippen molar-refractivity contribution in [3.63, 3.8) is 0 Å². The van der Waals surface area contributed by atoms with E-state index in [0.29, 0.717) is 17.7 Å². The van der Waals surface area contributed by atoms with Crippen LogP contribution in [0.25, 0.3) is 11.1 Å². The highest BCUT2D eigenvalue weighted by atomic mass is 32.2. The van der Waals surface area contributed by atoms with E-state index in [1.54, 1.807) is 6.92 Å². The van der Waals surface area contributed by atoms with Crippen LogP contribution in [0, 0.1) is 24.4 Å². The van der Waals surface area contributed by atoms with E-state index >= 15 is 0 Å². The molecule has 1 aromatic carbocycles.